The molecule has 4 radical (unpaired) electrons. The molecule has 4 aromatic heterocycles. The number of hydrogen-bond acceptors (Lipinski definition) is 4. The Kier molecular flexibility index (Phi) is 5.12. The summed E-state index contributed by atoms with van der Waals surface area (Å²) in [6.45, 7) is 3.70. The summed E-state index contributed by atoms with van der Waals surface area (Å²) in [6, 6.07) is 20.1. The molecule has 6 rings (SSSR count). The summed E-state index contributed by atoms with van der Waals surface area (Å²) < 4.78 is 6.74. The van der Waals surface area contributed by atoms with Crippen molar-refractivity contribution in [3.63, 3.8) is 0 Å². The molecule has 38 heavy (non-hydrogen) atoms. The number of hydrogen-bond donors (Lipinski definition) is 0. The third-order valence-corrected chi connectivity index (χ3v) is 7.37. The molecule has 0 saturated heterocycles. The number of fused-ring (bicyclic) bond motifs is 3. The van der Waals surface area contributed by atoms with E-state index in [4.69, 9.17) is 25.9 Å². The molecular weight excluding hydrogens is 470 g/mol. The second kappa shape index (κ2) is 8.29. The average molecular weight is 490 g/mol. The summed E-state index contributed by atoms with van der Waals surface area (Å²) in [5.74, 6) is 0.982. The Hall–Kier alpha value is -4.95. The van der Waals surface area contributed by atoms with Gasteiger partial charge in [0.05, 0.1) is 32.8 Å². The number of aryl methyl sites for hydroxylation is 4. The van der Waals surface area contributed by atoms with E-state index in [9.17, 15) is 10.5 Å². The Balaban J connectivity index is 1.81. The van der Waals surface area contributed by atoms with E-state index in [2.05, 4.69) is 12.1 Å². The maximum absolute atomic E-state index is 10.4. The fourth-order valence-electron chi connectivity index (χ4n) is 5.41. The first-order valence-electron chi connectivity index (χ1n) is 11.9. The van der Waals surface area contributed by atoms with Crippen LogP contribution in [-0.4, -0.2) is 44.0 Å². The van der Waals surface area contributed by atoms with Crippen molar-refractivity contribution in [2.75, 3.05) is 0 Å². The number of nitriles is 2. The zero-order valence-corrected chi connectivity index (χ0v) is 21.4. The first-order chi connectivity index (χ1) is 18.3. The predicted molar refractivity (Wildman–Crippen MR) is 149 cm³/mol. The molecule has 0 saturated carbocycles. The number of imidazole rings is 2. The molecule has 0 bridgehead atoms. The van der Waals surface area contributed by atoms with Gasteiger partial charge in [-0.25, -0.2) is 9.97 Å². The van der Waals surface area contributed by atoms with Crippen LogP contribution in [0.1, 0.15) is 23.0 Å². The Morgan fingerprint density at radius 1 is 0.684 bits per heavy atom. The van der Waals surface area contributed by atoms with Gasteiger partial charge in [0.2, 0.25) is 16.0 Å². The third-order valence-electron chi connectivity index (χ3n) is 7.37. The third kappa shape index (κ3) is 2.98. The lowest BCUT2D eigenvalue weighted by Gasteiger charge is -2.07. The average Bonchev–Trinajstić information content (AvgIpc) is 3.59. The van der Waals surface area contributed by atoms with E-state index in [0.717, 1.165) is 22.1 Å². The van der Waals surface area contributed by atoms with Gasteiger partial charge in [-0.3, -0.25) is 0 Å². The molecule has 0 spiro atoms. The topological polar surface area (TPSA) is 93.1 Å². The predicted octanol–water partition coefficient (Wildman–Crippen LogP) is 2.14. The first kappa shape index (κ1) is 23.4. The van der Waals surface area contributed by atoms with Gasteiger partial charge in [0.15, 0.2) is 11.6 Å². The van der Waals surface area contributed by atoms with E-state index < -0.39 is 0 Å². The van der Waals surface area contributed by atoms with Crippen LogP contribution in [0.25, 0.3) is 44.0 Å². The highest BCUT2D eigenvalue weighted by molar-refractivity contribution is 6.14. The van der Waals surface area contributed by atoms with Gasteiger partial charge in [0, 0.05) is 36.3 Å². The number of benzene rings is 2. The summed E-state index contributed by atoms with van der Waals surface area (Å²) in [6.07, 6.45) is 0. The molecule has 0 aliphatic heterocycles. The highest BCUT2D eigenvalue weighted by atomic mass is 15.1. The van der Waals surface area contributed by atoms with Crippen LogP contribution in [0.4, 0.5) is 0 Å². The zero-order valence-electron chi connectivity index (χ0n) is 21.4. The van der Waals surface area contributed by atoms with Gasteiger partial charge >= 0.3 is 0 Å². The fraction of sp³-hybridized carbons (Fsp3) is 0.143. The van der Waals surface area contributed by atoms with Gasteiger partial charge in [0.1, 0.15) is 23.3 Å². The molecule has 0 atom stereocenters. The molecule has 0 aliphatic carbocycles. The summed E-state index contributed by atoms with van der Waals surface area (Å²) in [5.41, 5.74) is 5.29. The molecule has 0 amide bonds. The van der Waals surface area contributed by atoms with Crippen LogP contribution in [0.5, 0.6) is 0 Å². The first-order valence-corrected chi connectivity index (χ1v) is 11.9. The zero-order chi connectivity index (χ0) is 26.9. The maximum Gasteiger partial charge on any atom is 0.234 e. The lowest BCUT2D eigenvalue weighted by molar-refractivity contribution is 0.919. The minimum absolute atomic E-state index is 0.311. The highest BCUT2D eigenvalue weighted by Crippen LogP contribution is 2.24. The summed E-state index contributed by atoms with van der Waals surface area (Å²) in [7, 11) is 17.0. The monoisotopic (exact) mass is 490 g/mol. The van der Waals surface area contributed by atoms with Crippen molar-refractivity contribution >= 4 is 59.9 Å². The maximum atomic E-state index is 10.4. The minimum Gasteiger partial charge on any atom is -0.399 e. The van der Waals surface area contributed by atoms with Gasteiger partial charge in [-0.1, -0.05) is 24.3 Å². The number of rotatable bonds is 2. The van der Waals surface area contributed by atoms with E-state index in [1.165, 1.54) is 8.96 Å². The summed E-state index contributed by atoms with van der Waals surface area (Å²) in [4.78, 5) is 9.47. The van der Waals surface area contributed by atoms with Crippen molar-refractivity contribution < 1.29 is 0 Å². The van der Waals surface area contributed by atoms with Gasteiger partial charge in [-0.05, 0) is 38.1 Å². The summed E-state index contributed by atoms with van der Waals surface area (Å²) >= 11 is 0. The standard InChI is InChI=1S/C28H20B2N8/c1-15-23-24(26(37(15)29)18(14-32)28-34-20-10-6-8-12-22(20)36(28)4)16(2)38(30)25(23)17(13-31)27-33-19-9-5-7-11-21(19)35(27)3/h5-12H,1-4H3/b25-17-,26-18-. The van der Waals surface area contributed by atoms with Gasteiger partial charge < -0.3 is 18.1 Å². The van der Waals surface area contributed by atoms with Crippen molar-refractivity contribution in [2.45, 2.75) is 13.8 Å². The van der Waals surface area contributed by atoms with Gasteiger partial charge in [-0.2, -0.15) is 10.5 Å². The van der Waals surface area contributed by atoms with Gasteiger partial charge in [0.25, 0.3) is 0 Å². The molecule has 0 N–H and O–H groups in total. The lowest BCUT2D eigenvalue weighted by atomic mass is 10.1. The normalized spacial score (nSPS) is 13.2. The molecule has 0 aliphatic rings. The fourth-order valence-corrected chi connectivity index (χ4v) is 5.41. The lowest BCUT2D eigenvalue weighted by Crippen LogP contribution is -2.24. The van der Waals surface area contributed by atoms with Crippen LogP contribution in [0.3, 0.4) is 0 Å². The molecular formula is C28H20B2N8. The Labute approximate surface area is 220 Å². The van der Waals surface area contributed by atoms with E-state index in [1.807, 2.05) is 85.6 Å². The molecule has 4 heterocycles. The Morgan fingerprint density at radius 3 is 1.39 bits per heavy atom. The van der Waals surface area contributed by atoms with Crippen molar-refractivity contribution in [3.05, 3.63) is 82.3 Å². The van der Waals surface area contributed by atoms with Crippen molar-refractivity contribution in [2.24, 2.45) is 14.1 Å². The van der Waals surface area contributed by atoms with Crippen LogP contribution in [-0.2, 0) is 14.1 Å². The second-order valence-corrected chi connectivity index (χ2v) is 9.30. The van der Waals surface area contributed by atoms with Gasteiger partial charge in [-0.15, -0.1) is 0 Å². The molecule has 0 fully saturated rings. The van der Waals surface area contributed by atoms with Crippen molar-refractivity contribution in [1.82, 2.24) is 28.1 Å². The van der Waals surface area contributed by atoms with Crippen molar-refractivity contribution in [3.8, 4) is 12.1 Å². The molecule has 2 aromatic carbocycles. The second-order valence-electron chi connectivity index (χ2n) is 9.30. The van der Waals surface area contributed by atoms with Crippen LogP contribution in [0, 0.1) is 36.5 Å². The molecule has 6 aromatic rings. The van der Waals surface area contributed by atoms with Crippen LogP contribution in [0.2, 0.25) is 0 Å². The molecule has 10 heteroatoms. The minimum atomic E-state index is 0.311. The molecule has 0 unspecified atom stereocenters. The number of para-hydroxylation sites is 4. The summed E-state index contributed by atoms with van der Waals surface area (Å²) in [5, 5.41) is 23.1. The molecule has 8 nitrogen and oxygen atoms in total. The smallest absolute Gasteiger partial charge is 0.234 e. The van der Waals surface area contributed by atoms with Crippen LogP contribution >= 0.6 is 0 Å². The van der Waals surface area contributed by atoms with E-state index in [1.54, 1.807) is 0 Å². The van der Waals surface area contributed by atoms with Crippen LogP contribution in [0.15, 0.2) is 48.5 Å². The van der Waals surface area contributed by atoms with Crippen LogP contribution < -0.4 is 10.7 Å². The van der Waals surface area contributed by atoms with E-state index in [0.29, 0.717) is 55.7 Å². The highest BCUT2D eigenvalue weighted by Gasteiger charge is 2.24. The quantitative estimate of drug-likeness (QED) is 0.348. The Morgan fingerprint density at radius 2 is 1.05 bits per heavy atom. The largest absolute Gasteiger partial charge is 0.399 e. The molecule has 178 valence electrons. The van der Waals surface area contributed by atoms with Crippen molar-refractivity contribution in [1.29, 1.82) is 10.5 Å². The Bertz CT molecular complexity index is 2020. The number of nitrogens with zero attached hydrogens (tertiary/aromatic N) is 8. The van der Waals surface area contributed by atoms with E-state index >= 15 is 0 Å². The SMILES string of the molecule is [B]n1c(C)c2/c(=C(\C#N)c3nc4ccccc4n3C)n([B])c(C)c2/c1=C(\C#N)c1nc2ccccc2n1C. The van der Waals surface area contributed by atoms with E-state index in [-0.39, 0.29) is 0 Å². The number of aromatic nitrogens is 6.